The Morgan fingerprint density at radius 1 is 0.951 bits per heavy atom. The number of Topliss-reactive ketones (excluding diaryl/α,β-unsaturated/α-hetero) is 1. The number of carboxylic acid groups (broad SMARTS) is 1. The van der Waals surface area contributed by atoms with Crippen molar-refractivity contribution in [2.45, 2.75) is 24.4 Å². The number of nitrogens with zero attached hydrogens (tertiary/aromatic N) is 2. The standard InChI is InChI=1S/C31H29FN2O7/c1-31(30(37)38)27(21-11-14-23(40-3)24(15-21)41-4)26(29(36)20-7-5-18(16-33)6-8-20)28(34(31)25(35)17-39-2)19-9-12-22(32)13-10-19/h5-15,26-28H,17H2,1-4H3,(H,37,38). The fraction of sp³-hybridized carbons (Fsp3) is 0.290. The van der Waals surface area contributed by atoms with Gasteiger partial charge in [0.25, 0.3) is 0 Å². The Hall–Kier alpha value is -4.75. The van der Waals surface area contributed by atoms with E-state index in [-0.39, 0.29) is 5.56 Å². The van der Waals surface area contributed by atoms with Crippen LogP contribution in [0.5, 0.6) is 11.5 Å². The molecule has 212 valence electrons. The van der Waals surface area contributed by atoms with Gasteiger partial charge in [-0.2, -0.15) is 5.26 Å². The molecule has 9 nitrogen and oxygen atoms in total. The fourth-order valence-electron chi connectivity index (χ4n) is 5.77. The summed E-state index contributed by atoms with van der Waals surface area (Å²) in [6.07, 6.45) is 0. The number of hydrogen-bond donors (Lipinski definition) is 1. The lowest BCUT2D eigenvalue weighted by molar-refractivity contribution is -0.159. The molecule has 1 amide bonds. The molecule has 41 heavy (non-hydrogen) atoms. The van der Waals surface area contributed by atoms with Crippen molar-refractivity contribution in [3.8, 4) is 17.6 Å². The Morgan fingerprint density at radius 3 is 2.10 bits per heavy atom. The summed E-state index contributed by atoms with van der Waals surface area (Å²) < 4.78 is 30.0. The highest BCUT2D eigenvalue weighted by molar-refractivity contribution is 6.02. The summed E-state index contributed by atoms with van der Waals surface area (Å²) in [7, 11) is 4.20. The topological polar surface area (TPSA) is 126 Å². The van der Waals surface area contributed by atoms with Gasteiger partial charge in [-0.05, 0) is 54.4 Å². The molecule has 1 N–H and O–H groups in total. The van der Waals surface area contributed by atoms with Crippen LogP contribution in [-0.4, -0.2) is 61.1 Å². The maximum Gasteiger partial charge on any atom is 0.330 e. The second kappa shape index (κ2) is 11.8. The van der Waals surface area contributed by atoms with Gasteiger partial charge in [0, 0.05) is 18.6 Å². The van der Waals surface area contributed by atoms with Crippen molar-refractivity contribution >= 4 is 17.7 Å². The van der Waals surface area contributed by atoms with Gasteiger partial charge >= 0.3 is 5.97 Å². The minimum absolute atomic E-state index is 0.223. The van der Waals surface area contributed by atoms with E-state index in [4.69, 9.17) is 14.2 Å². The predicted octanol–water partition coefficient (Wildman–Crippen LogP) is 4.37. The van der Waals surface area contributed by atoms with E-state index in [9.17, 15) is 29.1 Å². The van der Waals surface area contributed by atoms with Crippen molar-refractivity contribution in [1.82, 2.24) is 4.90 Å². The molecule has 4 atom stereocenters. The van der Waals surface area contributed by atoms with E-state index in [0.29, 0.717) is 28.2 Å². The zero-order chi connectivity index (χ0) is 29.9. The SMILES string of the molecule is COCC(=O)N1C(c2ccc(F)cc2)C(C(=O)c2ccc(C#N)cc2)C(c2ccc(OC)c(OC)c2)C1(C)C(=O)O. The first kappa shape index (κ1) is 29.2. The summed E-state index contributed by atoms with van der Waals surface area (Å²) in [5.41, 5.74) is -0.605. The van der Waals surface area contributed by atoms with Crippen LogP contribution in [0.3, 0.4) is 0 Å². The Morgan fingerprint density at radius 2 is 1.56 bits per heavy atom. The highest BCUT2D eigenvalue weighted by Crippen LogP contribution is 2.57. The van der Waals surface area contributed by atoms with Gasteiger partial charge in [0.2, 0.25) is 5.91 Å². The third-order valence-electron chi connectivity index (χ3n) is 7.63. The van der Waals surface area contributed by atoms with Crippen LogP contribution in [0.4, 0.5) is 4.39 Å². The summed E-state index contributed by atoms with van der Waals surface area (Å²) in [4.78, 5) is 42.5. The Kier molecular flexibility index (Phi) is 8.40. The molecule has 1 aliphatic heterocycles. The fourth-order valence-corrected chi connectivity index (χ4v) is 5.77. The van der Waals surface area contributed by atoms with E-state index >= 15 is 0 Å². The second-order valence-corrected chi connectivity index (χ2v) is 9.82. The summed E-state index contributed by atoms with van der Waals surface area (Å²) in [5.74, 6) is -4.54. The minimum atomic E-state index is -1.96. The van der Waals surface area contributed by atoms with E-state index in [1.807, 2.05) is 6.07 Å². The van der Waals surface area contributed by atoms with Crippen molar-refractivity contribution in [2.24, 2.45) is 5.92 Å². The Balaban J connectivity index is 2.06. The number of ether oxygens (including phenoxy) is 3. The molecule has 4 rings (SSSR count). The number of methoxy groups -OCH3 is 3. The molecule has 0 saturated carbocycles. The smallest absolute Gasteiger partial charge is 0.330 e. The van der Waals surface area contributed by atoms with E-state index < -0.39 is 53.5 Å². The average molecular weight is 561 g/mol. The highest BCUT2D eigenvalue weighted by Gasteiger charge is 2.64. The molecule has 1 fully saturated rings. The van der Waals surface area contributed by atoms with Gasteiger partial charge in [-0.25, -0.2) is 9.18 Å². The summed E-state index contributed by atoms with van der Waals surface area (Å²) >= 11 is 0. The zero-order valence-electron chi connectivity index (χ0n) is 23.0. The van der Waals surface area contributed by atoms with Gasteiger partial charge in [-0.15, -0.1) is 0 Å². The maximum atomic E-state index is 14.4. The summed E-state index contributed by atoms with van der Waals surface area (Å²) in [6.45, 7) is 0.948. The van der Waals surface area contributed by atoms with Gasteiger partial charge in [-0.3, -0.25) is 9.59 Å². The first-order chi connectivity index (χ1) is 19.6. The van der Waals surface area contributed by atoms with Crippen LogP contribution >= 0.6 is 0 Å². The number of carboxylic acids is 1. The largest absolute Gasteiger partial charge is 0.493 e. The van der Waals surface area contributed by atoms with Crippen molar-refractivity contribution < 1.29 is 38.1 Å². The van der Waals surface area contributed by atoms with Gasteiger partial charge in [-0.1, -0.05) is 30.3 Å². The number of carbonyl (C=O) groups is 3. The van der Waals surface area contributed by atoms with Crippen LogP contribution < -0.4 is 9.47 Å². The molecule has 0 spiro atoms. The molecule has 4 unspecified atom stereocenters. The first-order valence-corrected chi connectivity index (χ1v) is 12.7. The number of amides is 1. The third-order valence-corrected chi connectivity index (χ3v) is 7.63. The second-order valence-electron chi connectivity index (χ2n) is 9.82. The zero-order valence-corrected chi connectivity index (χ0v) is 23.0. The van der Waals surface area contributed by atoms with E-state index in [1.165, 1.54) is 81.7 Å². The molecule has 1 heterocycles. The number of hydrogen-bond acceptors (Lipinski definition) is 7. The average Bonchev–Trinajstić information content (AvgIpc) is 3.27. The molecule has 1 aliphatic rings. The number of benzene rings is 3. The quantitative estimate of drug-likeness (QED) is 0.383. The van der Waals surface area contributed by atoms with Crippen molar-refractivity contribution in [1.29, 1.82) is 5.26 Å². The molecule has 1 saturated heterocycles. The maximum absolute atomic E-state index is 14.4. The molecule has 3 aromatic carbocycles. The number of rotatable bonds is 9. The Labute approximate surface area is 236 Å². The van der Waals surface area contributed by atoms with Crippen molar-refractivity contribution in [2.75, 3.05) is 27.9 Å². The number of halogens is 1. The lowest BCUT2D eigenvalue weighted by atomic mass is 9.71. The molecular formula is C31H29FN2O7. The normalized spacial score (nSPS) is 21.7. The van der Waals surface area contributed by atoms with Crippen molar-refractivity contribution in [3.05, 3.63) is 94.8 Å². The monoisotopic (exact) mass is 560 g/mol. The van der Waals surface area contributed by atoms with Crippen LogP contribution in [0.25, 0.3) is 0 Å². The van der Waals surface area contributed by atoms with Gasteiger partial charge < -0.3 is 24.2 Å². The van der Waals surface area contributed by atoms with Crippen LogP contribution in [0.15, 0.2) is 66.7 Å². The van der Waals surface area contributed by atoms with Crippen molar-refractivity contribution in [3.63, 3.8) is 0 Å². The molecule has 0 aromatic heterocycles. The number of nitriles is 1. The first-order valence-electron chi connectivity index (χ1n) is 12.7. The summed E-state index contributed by atoms with van der Waals surface area (Å²) in [5, 5.41) is 20.0. The van der Waals surface area contributed by atoms with Gasteiger partial charge in [0.05, 0.1) is 37.8 Å². The summed E-state index contributed by atoms with van der Waals surface area (Å²) in [6, 6.07) is 17.0. The highest BCUT2D eigenvalue weighted by atomic mass is 19.1. The van der Waals surface area contributed by atoms with E-state index in [1.54, 1.807) is 18.2 Å². The van der Waals surface area contributed by atoms with E-state index in [0.717, 1.165) is 0 Å². The van der Waals surface area contributed by atoms with Crippen LogP contribution in [0.2, 0.25) is 0 Å². The minimum Gasteiger partial charge on any atom is -0.493 e. The lowest BCUT2D eigenvalue weighted by Crippen LogP contribution is -2.55. The lowest BCUT2D eigenvalue weighted by Gasteiger charge is -2.37. The van der Waals surface area contributed by atoms with Crippen LogP contribution in [-0.2, 0) is 14.3 Å². The Bertz CT molecular complexity index is 1500. The number of ketones is 1. The molecule has 10 heteroatoms. The molecule has 0 aliphatic carbocycles. The number of carbonyl (C=O) groups excluding carboxylic acids is 2. The van der Waals surface area contributed by atoms with E-state index in [2.05, 4.69) is 0 Å². The number of aliphatic carboxylic acids is 1. The molecular weight excluding hydrogens is 531 g/mol. The molecule has 0 bridgehead atoms. The van der Waals surface area contributed by atoms with Crippen LogP contribution in [0, 0.1) is 23.1 Å². The molecule has 3 aromatic rings. The molecule has 0 radical (unpaired) electrons. The van der Waals surface area contributed by atoms with Gasteiger partial charge in [0.1, 0.15) is 18.0 Å². The predicted molar refractivity (Wildman–Crippen MR) is 145 cm³/mol. The van der Waals surface area contributed by atoms with Gasteiger partial charge in [0.15, 0.2) is 17.3 Å². The van der Waals surface area contributed by atoms with Crippen LogP contribution in [0.1, 0.15) is 45.9 Å². The number of likely N-dealkylation sites (tertiary alicyclic amines) is 1. The third kappa shape index (κ3) is 5.12.